The van der Waals surface area contributed by atoms with Crippen molar-refractivity contribution in [3.8, 4) is 0 Å². The molecule has 0 atom stereocenters. The molecule has 2 N–H and O–H groups in total. The highest BCUT2D eigenvalue weighted by Gasteiger charge is 2.29. The highest BCUT2D eigenvalue weighted by Crippen LogP contribution is 2.28. The van der Waals surface area contributed by atoms with E-state index in [0.29, 0.717) is 17.9 Å². The summed E-state index contributed by atoms with van der Waals surface area (Å²) < 4.78 is 0. The van der Waals surface area contributed by atoms with Crippen molar-refractivity contribution in [2.24, 2.45) is 0 Å². The van der Waals surface area contributed by atoms with E-state index in [1.54, 1.807) is 6.92 Å². The van der Waals surface area contributed by atoms with Gasteiger partial charge in [0.15, 0.2) is 0 Å². The standard InChI is InChI=1S/C13H19N3O3/c1-10-7-11(16(18)19)8-14-12(10)15-9-13(17)5-3-2-4-6-13/h7-8,17H,2-6,9H2,1H3,(H,14,15). The van der Waals surface area contributed by atoms with Gasteiger partial charge < -0.3 is 10.4 Å². The molecule has 0 bridgehead atoms. The fourth-order valence-corrected chi connectivity index (χ4v) is 2.48. The van der Waals surface area contributed by atoms with E-state index in [9.17, 15) is 15.2 Å². The molecule has 1 aromatic rings. The van der Waals surface area contributed by atoms with Gasteiger partial charge in [0, 0.05) is 12.6 Å². The van der Waals surface area contributed by atoms with Gasteiger partial charge in [-0.05, 0) is 25.3 Å². The van der Waals surface area contributed by atoms with Gasteiger partial charge in [-0.15, -0.1) is 0 Å². The van der Waals surface area contributed by atoms with Gasteiger partial charge in [-0.2, -0.15) is 0 Å². The minimum atomic E-state index is -0.672. The molecule has 1 saturated carbocycles. The largest absolute Gasteiger partial charge is 0.388 e. The van der Waals surface area contributed by atoms with E-state index in [0.717, 1.165) is 25.7 Å². The topological polar surface area (TPSA) is 88.3 Å². The molecule has 1 aliphatic rings. The zero-order valence-electron chi connectivity index (χ0n) is 11.1. The second-order valence-corrected chi connectivity index (χ2v) is 5.25. The first-order valence-corrected chi connectivity index (χ1v) is 6.57. The molecule has 0 spiro atoms. The molecule has 0 aromatic carbocycles. The third kappa shape index (κ3) is 3.41. The normalized spacial score (nSPS) is 18.0. The van der Waals surface area contributed by atoms with Crippen LogP contribution in [0.1, 0.15) is 37.7 Å². The van der Waals surface area contributed by atoms with Crippen LogP contribution in [0.25, 0.3) is 0 Å². The summed E-state index contributed by atoms with van der Waals surface area (Å²) in [6.45, 7) is 2.21. The van der Waals surface area contributed by atoms with Crippen molar-refractivity contribution in [2.75, 3.05) is 11.9 Å². The monoisotopic (exact) mass is 265 g/mol. The van der Waals surface area contributed by atoms with Crippen LogP contribution in [0.3, 0.4) is 0 Å². The van der Waals surface area contributed by atoms with Crippen molar-refractivity contribution in [2.45, 2.75) is 44.6 Å². The quantitative estimate of drug-likeness (QED) is 0.644. The average Bonchev–Trinajstić information content (AvgIpc) is 2.38. The van der Waals surface area contributed by atoms with Crippen LogP contribution in [0.5, 0.6) is 0 Å². The molecule has 104 valence electrons. The first-order valence-electron chi connectivity index (χ1n) is 6.57. The Morgan fingerprint density at radius 3 is 2.74 bits per heavy atom. The molecule has 6 heteroatoms. The number of pyridine rings is 1. The number of aliphatic hydroxyl groups is 1. The lowest BCUT2D eigenvalue weighted by Crippen LogP contribution is -2.39. The summed E-state index contributed by atoms with van der Waals surface area (Å²) in [6.07, 6.45) is 6.10. The first-order chi connectivity index (χ1) is 9.00. The molecule has 0 radical (unpaired) electrons. The molecule has 0 aliphatic heterocycles. The van der Waals surface area contributed by atoms with Crippen LogP contribution in [0, 0.1) is 17.0 Å². The van der Waals surface area contributed by atoms with Crippen LogP contribution < -0.4 is 5.32 Å². The summed E-state index contributed by atoms with van der Waals surface area (Å²) >= 11 is 0. The van der Waals surface area contributed by atoms with E-state index in [1.807, 2.05) is 0 Å². The Hall–Kier alpha value is -1.69. The van der Waals surface area contributed by atoms with Crippen molar-refractivity contribution >= 4 is 11.5 Å². The Labute approximate surface area is 112 Å². The zero-order valence-corrected chi connectivity index (χ0v) is 11.1. The first kappa shape index (κ1) is 13.7. The fourth-order valence-electron chi connectivity index (χ4n) is 2.48. The molecule has 1 fully saturated rings. The Kier molecular flexibility index (Phi) is 3.99. The third-order valence-corrected chi connectivity index (χ3v) is 3.64. The van der Waals surface area contributed by atoms with Gasteiger partial charge in [-0.3, -0.25) is 10.1 Å². The predicted octanol–water partition coefficient (Wildman–Crippen LogP) is 2.41. The molecule has 0 amide bonds. The Morgan fingerprint density at radius 1 is 1.47 bits per heavy atom. The van der Waals surface area contributed by atoms with Crippen molar-refractivity contribution in [1.82, 2.24) is 4.98 Å². The maximum absolute atomic E-state index is 10.6. The maximum atomic E-state index is 10.6. The number of hydrogen-bond donors (Lipinski definition) is 2. The number of nitro groups is 1. The van der Waals surface area contributed by atoms with Gasteiger partial charge in [-0.1, -0.05) is 19.3 Å². The van der Waals surface area contributed by atoms with Gasteiger partial charge in [0.05, 0.1) is 10.5 Å². The highest BCUT2D eigenvalue weighted by atomic mass is 16.6. The second-order valence-electron chi connectivity index (χ2n) is 5.25. The van der Waals surface area contributed by atoms with Crippen molar-refractivity contribution in [1.29, 1.82) is 0 Å². The highest BCUT2D eigenvalue weighted by molar-refractivity contribution is 5.48. The molecular weight excluding hydrogens is 246 g/mol. The SMILES string of the molecule is Cc1cc([N+](=O)[O-])cnc1NCC1(O)CCCCC1. The zero-order chi connectivity index (χ0) is 13.9. The summed E-state index contributed by atoms with van der Waals surface area (Å²) in [5, 5.41) is 24.1. The van der Waals surface area contributed by atoms with E-state index < -0.39 is 10.5 Å². The summed E-state index contributed by atoms with van der Waals surface area (Å²) in [5.41, 5.74) is 0.0294. The molecule has 1 heterocycles. The minimum Gasteiger partial charge on any atom is -0.388 e. The Balaban J connectivity index is 2.01. The number of aryl methyl sites for hydroxylation is 1. The minimum absolute atomic E-state index is 0.0144. The molecule has 1 aromatic heterocycles. The van der Waals surface area contributed by atoms with Crippen molar-refractivity contribution < 1.29 is 10.0 Å². The second kappa shape index (κ2) is 5.52. The van der Waals surface area contributed by atoms with Crippen LogP contribution in [0.2, 0.25) is 0 Å². The number of nitrogens with one attached hydrogen (secondary N) is 1. The molecule has 0 unspecified atom stereocenters. The van der Waals surface area contributed by atoms with Crippen LogP contribution in [-0.2, 0) is 0 Å². The Bertz CT molecular complexity index is 470. The fraction of sp³-hybridized carbons (Fsp3) is 0.615. The summed E-state index contributed by atoms with van der Waals surface area (Å²) in [6, 6.07) is 1.49. The molecule has 6 nitrogen and oxygen atoms in total. The van der Waals surface area contributed by atoms with Gasteiger partial charge in [-0.25, -0.2) is 4.98 Å². The van der Waals surface area contributed by atoms with Gasteiger partial charge in [0.2, 0.25) is 0 Å². The van der Waals surface area contributed by atoms with Gasteiger partial charge >= 0.3 is 0 Å². The summed E-state index contributed by atoms with van der Waals surface area (Å²) in [7, 11) is 0. The maximum Gasteiger partial charge on any atom is 0.287 e. The van der Waals surface area contributed by atoms with Gasteiger partial charge in [0.25, 0.3) is 5.69 Å². The van der Waals surface area contributed by atoms with Gasteiger partial charge in [0.1, 0.15) is 12.0 Å². The van der Waals surface area contributed by atoms with Crippen LogP contribution in [-0.4, -0.2) is 27.2 Å². The summed E-state index contributed by atoms with van der Waals surface area (Å²) in [4.78, 5) is 14.2. The van der Waals surface area contributed by atoms with Crippen molar-refractivity contribution in [3.05, 3.63) is 27.9 Å². The van der Waals surface area contributed by atoms with E-state index >= 15 is 0 Å². The van der Waals surface area contributed by atoms with Crippen LogP contribution in [0.15, 0.2) is 12.3 Å². The Morgan fingerprint density at radius 2 is 2.16 bits per heavy atom. The van der Waals surface area contributed by atoms with E-state index in [4.69, 9.17) is 0 Å². The number of hydrogen-bond acceptors (Lipinski definition) is 5. The number of aromatic nitrogens is 1. The number of nitrogens with zero attached hydrogens (tertiary/aromatic N) is 2. The predicted molar refractivity (Wildman–Crippen MR) is 72.2 cm³/mol. The number of anilines is 1. The molecule has 2 rings (SSSR count). The molecule has 0 saturated heterocycles. The molecular formula is C13H19N3O3. The smallest absolute Gasteiger partial charge is 0.287 e. The lowest BCUT2D eigenvalue weighted by atomic mass is 9.85. The van der Waals surface area contributed by atoms with Crippen molar-refractivity contribution in [3.63, 3.8) is 0 Å². The van der Waals surface area contributed by atoms with E-state index in [-0.39, 0.29) is 5.69 Å². The molecule has 1 aliphatic carbocycles. The van der Waals surface area contributed by atoms with Crippen LogP contribution >= 0.6 is 0 Å². The molecule has 19 heavy (non-hydrogen) atoms. The lowest BCUT2D eigenvalue weighted by Gasteiger charge is -2.32. The average molecular weight is 265 g/mol. The van der Waals surface area contributed by atoms with E-state index in [1.165, 1.54) is 18.7 Å². The van der Waals surface area contributed by atoms with Crippen LogP contribution in [0.4, 0.5) is 11.5 Å². The van der Waals surface area contributed by atoms with E-state index in [2.05, 4.69) is 10.3 Å². The summed E-state index contributed by atoms with van der Waals surface area (Å²) in [5.74, 6) is 0.601. The lowest BCUT2D eigenvalue weighted by molar-refractivity contribution is -0.385. The number of rotatable bonds is 4. The third-order valence-electron chi connectivity index (χ3n) is 3.64.